The number of nitrogens with two attached hydrogens (primary N) is 1. The van der Waals surface area contributed by atoms with Crippen LogP contribution in [-0.2, 0) is 13.1 Å². The highest BCUT2D eigenvalue weighted by Gasteiger charge is 2.27. The van der Waals surface area contributed by atoms with E-state index in [0.29, 0.717) is 6.04 Å². The molecule has 0 bridgehead atoms. The normalized spacial score (nSPS) is 24.2. The van der Waals surface area contributed by atoms with E-state index in [0.717, 1.165) is 32.0 Å². The van der Waals surface area contributed by atoms with Gasteiger partial charge in [0.15, 0.2) is 0 Å². The summed E-state index contributed by atoms with van der Waals surface area (Å²) in [5, 5.41) is 4.40. The van der Waals surface area contributed by atoms with Gasteiger partial charge in [-0.25, -0.2) is 0 Å². The highest BCUT2D eigenvalue weighted by atomic mass is 35.5. The molecule has 0 amide bonds. The Labute approximate surface area is 122 Å². The molecule has 1 aromatic rings. The molecule has 1 aliphatic rings. The highest BCUT2D eigenvalue weighted by Crippen LogP contribution is 2.24. The standard InChI is InChI=1S/C14H26N4.ClH/c1-3-6-18-11-13(9-16-18)10-17-7-4-5-12(2)14(17)8-15;/h9,11-12,14H,3-8,10,15H2,1-2H3;1H. The number of hydrogen-bond acceptors (Lipinski definition) is 3. The molecule has 19 heavy (non-hydrogen) atoms. The van der Waals surface area contributed by atoms with Crippen molar-refractivity contribution in [3.8, 4) is 0 Å². The predicted octanol–water partition coefficient (Wildman–Crippen LogP) is 2.27. The van der Waals surface area contributed by atoms with Gasteiger partial charge in [-0.2, -0.15) is 5.10 Å². The molecule has 0 radical (unpaired) electrons. The monoisotopic (exact) mass is 286 g/mol. The summed E-state index contributed by atoms with van der Waals surface area (Å²) in [6.07, 6.45) is 7.92. The first kappa shape index (κ1) is 16.5. The smallest absolute Gasteiger partial charge is 0.0534 e. The number of aryl methyl sites for hydroxylation is 1. The molecule has 1 aliphatic heterocycles. The van der Waals surface area contributed by atoms with E-state index in [1.807, 2.05) is 10.9 Å². The summed E-state index contributed by atoms with van der Waals surface area (Å²) < 4.78 is 2.04. The zero-order valence-electron chi connectivity index (χ0n) is 12.1. The topological polar surface area (TPSA) is 47.1 Å². The molecular weight excluding hydrogens is 260 g/mol. The Morgan fingerprint density at radius 2 is 2.26 bits per heavy atom. The van der Waals surface area contributed by atoms with Crippen LogP contribution in [0.2, 0.25) is 0 Å². The Bertz CT molecular complexity index is 366. The van der Waals surface area contributed by atoms with Crippen LogP contribution < -0.4 is 5.73 Å². The Balaban J connectivity index is 0.00000180. The van der Waals surface area contributed by atoms with Crippen molar-refractivity contribution < 1.29 is 0 Å². The molecule has 0 aromatic carbocycles. The van der Waals surface area contributed by atoms with Gasteiger partial charge >= 0.3 is 0 Å². The Kier molecular flexibility index (Phi) is 6.83. The van der Waals surface area contributed by atoms with Crippen LogP contribution in [0.3, 0.4) is 0 Å². The van der Waals surface area contributed by atoms with Gasteiger partial charge in [-0.3, -0.25) is 9.58 Å². The lowest BCUT2D eigenvalue weighted by atomic mass is 9.90. The van der Waals surface area contributed by atoms with E-state index in [9.17, 15) is 0 Å². The SMILES string of the molecule is CCCn1cc(CN2CCCC(C)C2CN)cn1.Cl. The average Bonchev–Trinajstić information content (AvgIpc) is 2.77. The largest absolute Gasteiger partial charge is 0.329 e. The van der Waals surface area contributed by atoms with Gasteiger partial charge in [-0.05, 0) is 31.7 Å². The molecule has 1 aromatic heterocycles. The number of likely N-dealkylation sites (tertiary alicyclic amines) is 1. The summed E-state index contributed by atoms with van der Waals surface area (Å²) in [5.41, 5.74) is 7.24. The van der Waals surface area contributed by atoms with E-state index in [2.05, 4.69) is 30.0 Å². The predicted molar refractivity (Wildman–Crippen MR) is 81.4 cm³/mol. The molecule has 2 heterocycles. The first-order chi connectivity index (χ1) is 8.74. The van der Waals surface area contributed by atoms with Crippen molar-refractivity contribution in [2.75, 3.05) is 13.1 Å². The minimum Gasteiger partial charge on any atom is -0.329 e. The van der Waals surface area contributed by atoms with E-state index >= 15 is 0 Å². The van der Waals surface area contributed by atoms with Crippen molar-refractivity contribution in [1.82, 2.24) is 14.7 Å². The second-order valence-electron chi connectivity index (χ2n) is 5.50. The first-order valence-electron chi connectivity index (χ1n) is 7.20. The van der Waals surface area contributed by atoms with Crippen molar-refractivity contribution >= 4 is 12.4 Å². The molecular formula is C14H27ClN4. The van der Waals surface area contributed by atoms with Crippen LogP contribution >= 0.6 is 12.4 Å². The molecule has 0 aliphatic carbocycles. The molecule has 4 nitrogen and oxygen atoms in total. The Hall–Kier alpha value is -0.580. The van der Waals surface area contributed by atoms with Crippen molar-refractivity contribution in [1.29, 1.82) is 0 Å². The van der Waals surface area contributed by atoms with Crippen LogP contribution in [0.5, 0.6) is 0 Å². The minimum absolute atomic E-state index is 0. The molecule has 0 spiro atoms. The number of aromatic nitrogens is 2. The second kappa shape index (κ2) is 7.88. The summed E-state index contributed by atoms with van der Waals surface area (Å²) >= 11 is 0. The van der Waals surface area contributed by atoms with Crippen molar-refractivity contribution in [2.24, 2.45) is 11.7 Å². The van der Waals surface area contributed by atoms with Gasteiger partial charge in [-0.1, -0.05) is 13.8 Å². The van der Waals surface area contributed by atoms with Crippen LogP contribution in [0.1, 0.15) is 38.7 Å². The number of piperidine rings is 1. The van der Waals surface area contributed by atoms with Crippen molar-refractivity contribution in [3.63, 3.8) is 0 Å². The first-order valence-corrected chi connectivity index (χ1v) is 7.20. The molecule has 0 saturated carbocycles. The minimum atomic E-state index is 0. The quantitative estimate of drug-likeness (QED) is 0.903. The second-order valence-corrected chi connectivity index (χ2v) is 5.50. The number of hydrogen-bond donors (Lipinski definition) is 1. The maximum absolute atomic E-state index is 5.93. The number of nitrogens with zero attached hydrogens (tertiary/aromatic N) is 3. The molecule has 1 saturated heterocycles. The van der Waals surface area contributed by atoms with Gasteiger partial charge in [0.25, 0.3) is 0 Å². The summed E-state index contributed by atoms with van der Waals surface area (Å²) in [4.78, 5) is 2.53. The third kappa shape index (κ3) is 4.20. The molecule has 110 valence electrons. The van der Waals surface area contributed by atoms with Gasteiger partial charge in [-0.15, -0.1) is 12.4 Å². The molecule has 5 heteroatoms. The average molecular weight is 287 g/mol. The lowest BCUT2D eigenvalue weighted by Crippen LogP contribution is -2.47. The van der Waals surface area contributed by atoms with E-state index in [1.54, 1.807) is 0 Å². The zero-order chi connectivity index (χ0) is 13.0. The molecule has 2 N–H and O–H groups in total. The Morgan fingerprint density at radius 3 is 2.95 bits per heavy atom. The lowest BCUT2D eigenvalue weighted by Gasteiger charge is -2.39. The fourth-order valence-electron chi connectivity index (χ4n) is 2.99. The summed E-state index contributed by atoms with van der Waals surface area (Å²) in [6.45, 7) is 8.45. The maximum Gasteiger partial charge on any atom is 0.0534 e. The maximum atomic E-state index is 5.93. The third-order valence-electron chi connectivity index (χ3n) is 4.00. The fraction of sp³-hybridized carbons (Fsp3) is 0.786. The van der Waals surface area contributed by atoms with E-state index in [-0.39, 0.29) is 12.4 Å². The zero-order valence-corrected chi connectivity index (χ0v) is 12.9. The molecule has 2 unspecified atom stereocenters. The van der Waals surface area contributed by atoms with Gasteiger partial charge in [0.1, 0.15) is 0 Å². The highest BCUT2D eigenvalue weighted by molar-refractivity contribution is 5.85. The molecule has 1 fully saturated rings. The number of rotatable bonds is 5. The molecule has 2 rings (SSSR count). The van der Waals surface area contributed by atoms with Crippen LogP contribution in [0, 0.1) is 5.92 Å². The van der Waals surface area contributed by atoms with Crippen LogP contribution in [0.15, 0.2) is 12.4 Å². The molecule has 2 atom stereocenters. The van der Waals surface area contributed by atoms with Gasteiger partial charge in [0, 0.05) is 37.4 Å². The van der Waals surface area contributed by atoms with Crippen molar-refractivity contribution in [3.05, 3.63) is 18.0 Å². The summed E-state index contributed by atoms with van der Waals surface area (Å²) in [6, 6.07) is 0.535. The van der Waals surface area contributed by atoms with Crippen LogP contribution in [-0.4, -0.2) is 33.8 Å². The third-order valence-corrected chi connectivity index (χ3v) is 4.00. The Morgan fingerprint density at radius 1 is 1.47 bits per heavy atom. The summed E-state index contributed by atoms with van der Waals surface area (Å²) in [5.74, 6) is 0.717. The van der Waals surface area contributed by atoms with Crippen molar-refractivity contribution in [2.45, 2.75) is 52.2 Å². The van der Waals surface area contributed by atoms with E-state index in [4.69, 9.17) is 5.73 Å². The van der Waals surface area contributed by atoms with Gasteiger partial charge < -0.3 is 5.73 Å². The number of halogens is 1. The van der Waals surface area contributed by atoms with Gasteiger partial charge in [0.2, 0.25) is 0 Å². The van der Waals surface area contributed by atoms with Gasteiger partial charge in [0.05, 0.1) is 6.20 Å². The lowest BCUT2D eigenvalue weighted by molar-refractivity contribution is 0.0990. The van der Waals surface area contributed by atoms with Crippen LogP contribution in [0.4, 0.5) is 0 Å². The van der Waals surface area contributed by atoms with E-state index in [1.165, 1.54) is 24.9 Å². The summed E-state index contributed by atoms with van der Waals surface area (Å²) in [7, 11) is 0. The van der Waals surface area contributed by atoms with E-state index < -0.39 is 0 Å². The fourth-order valence-corrected chi connectivity index (χ4v) is 2.99. The van der Waals surface area contributed by atoms with Crippen LogP contribution in [0.25, 0.3) is 0 Å².